The van der Waals surface area contributed by atoms with Gasteiger partial charge in [0.1, 0.15) is 6.04 Å². The summed E-state index contributed by atoms with van der Waals surface area (Å²) in [7, 11) is -3.95. The highest BCUT2D eigenvalue weighted by molar-refractivity contribution is 7.89. The Kier molecular flexibility index (Phi) is 4.44. The predicted octanol–water partition coefficient (Wildman–Crippen LogP) is 0.0272. The Balaban J connectivity index is 3.10. The predicted molar refractivity (Wildman–Crippen MR) is 64.7 cm³/mol. The molecule has 18 heavy (non-hydrogen) atoms. The van der Waals surface area contributed by atoms with Crippen molar-refractivity contribution >= 4 is 16.0 Å². The number of hydrogen-bond donors (Lipinski definition) is 3. The summed E-state index contributed by atoms with van der Waals surface area (Å²) in [4.78, 5) is 10.7. The molecule has 0 aliphatic carbocycles. The van der Waals surface area contributed by atoms with E-state index in [0.717, 1.165) is 5.56 Å². The lowest BCUT2D eigenvalue weighted by atomic mass is 10.2. The molecule has 0 radical (unpaired) electrons. The smallest absolute Gasteiger partial charge is 0.324 e. The Bertz CT molecular complexity index is 553. The monoisotopic (exact) mass is 273 g/mol. The zero-order valence-electron chi connectivity index (χ0n) is 10.0. The minimum atomic E-state index is -3.95. The third-order valence-corrected chi connectivity index (χ3v) is 4.03. The number of carboxylic acid groups (broad SMARTS) is 1. The van der Waals surface area contributed by atoms with Crippen molar-refractivity contribution in [1.29, 1.82) is 0 Å². The number of rotatable bonds is 5. The number of benzene rings is 1. The summed E-state index contributed by atoms with van der Waals surface area (Å²) >= 11 is 0. The Morgan fingerprint density at radius 3 is 2.44 bits per heavy atom. The van der Waals surface area contributed by atoms with E-state index in [1.807, 2.05) is 11.6 Å². The first kappa shape index (κ1) is 14.6. The van der Waals surface area contributed by atoms with E-state index >= 15 is 0 Å². The van der Waals surface area contributed by atoms with Gasteiger partial charge in [0.05, 0.1) is 11.5 Å². The molecule has 1 aromatic carbocycles. The number of sulfonamides is 1. The number of carboxylic acids is 1. The number of nitrogens with one attached hydrogen (secondary N) is 1. The largest absolute Gasteiger partial charge is 0.480 e. The summed E-state index contributed by atoms with van der Waals surface area (Å²) in [5.74, 6) is -1.43. The van der Waals surface area contributed by atoms with Crippen LogP contribution in [0.3, 0.4) is 0 Å². The number of aliphatic hydroxyl groups is 1. The van der Waals surface area contributed by atoms with E-state index < -0.39 is 28.6 Å². The number of aryl methyl sites for hydroxylation is 2. The number of aliphatic hydroxyl groups excluding tert-OH is 1. The summed E-state index contributed by atoms with van der Waals surface area (Å²) in [6.45, 7) is 2.64. The van der Waals surface area contributed by atoms with E-state index in [-0.39, 0.29) is 4.90 Å². The fourth-order valence-electron chi connectivity index (χ4n) is 1.52. The van der Waals surface area contributed by atoms with Gasteiger partial charge in [0.25, 0.3) is 0 Å². The van der Waals surface area contributed by atoms with Gasteiger partial charge in [-0.1, -0.05) is 17.7 Å². The van der Waals surface area contributed by atoms with Crippen molar-refractivity contribution in [2.45, 2.75) is 24.8 Å². The summed E-state index contributed by atoms with van der Waals surface area (Å²) in [6.07, 6.45) is 0. The van der Waals surface area contributed by atoms with Gasteiger partial charge in [-0.2, -0.15) is 4.72 Å². The standard InChI is InChI=1S/C11H15NO5S/c1-7-3-4-10(8(2)5-7)18(16,17)12-9(6-13)11(14)15/h3-5,9,12-13H,6H2,1-2H3,(H,14,15)/t9-/m1/s1. The Morgan fingerprint density at radius 2 is 2.00 bits per heavy atom. The molecule has 0 fully saturated rings. The molecule has 0 bridgehead atoms. The van der Waals surface area contributed by atoms with E-state index in [2.05, 4.69) is 0 Å². The molecular weight excluding hydrogens is 258 g/mol. The fraction of sp³-hybridized carbons (Fsp3) is 0.364. The SMILES string of the molecule is Cc1ccc(S(=O)(=O)N[C@H](CO)C(=O)O)c(C)c1. The maximum atomic E-state index is 12.0. The van der Waals surface area contributed by atoms with Crippen molar-refractivity contribution < 1.29 is 23.4 Å². The molecule has 100 valence electrons. The minimum absolute atomic E-state index is 0.00722. The first-order valence-electron chi connectivity index (χ1n) is 5.21. The van der Waals surface area contributed by atoms with E-state index in [0.29, 0.717) is 5.56 Å². The van der Waals surface area contributed by atoms with Crippen LogP contribution in [0.25, 0.3) is 0 Å². The molecule has 7 heteroatoms. The van der Waals surface area contributed by atoms with Gasteiger partial charge in [-0.3, -0.25) is 4.79 Å². The van der Waals surface area contributed by atoms with Gasteiger partial charge in [0, 0.05) is 0 Å². The van der Waals surface area contributed by atoms with Crippen LogP contribution in [0.5, 0.6) is 0 Å². The van der Waals surface area contributed by atoms with Crippen molar-refractivity contribution in [3.8, 4) is 0 Å². The summed E-state index contributed by atoms with van der Waals surface area (Å²) in [5.41, 5.74) is 1.42. The number of hydrogen-bond acceptors (Lipinski definition) is 4. The molecule has 0 unspecified atom stereocenters. The van der Waals surface area contributed by atoms with Crippen molar-refractivity contribution in [2.75, 3.05) is 6.61 Å². The van der Waals surface area contributed by atoms with Crippen LogP contribution in [0.1, 0.15) is 11.1 Å². The highest BCUT2D eigenvalue weighted by Gasteiger charge is 2.25. The summed E-state index contributed by atoms with van der Waals surface area (Å²) in [5, 5.41) is 17.5. The van der Waals surface area contributed by atoms with E-state index in [9.17, 15) is 13.2 Å². The molecule has 0 saturated heterocycles. The number of carbonyl (C=O) groups is 1. The van der Waals surface area contributed by atoms with Gasteiger partial charge < -0.3 is 10.2 Å². The van der Waals surface area contributed by atoms with Crippen LogP contribution in [0.4, 0.5) is 0 Å². The average molecular weight is 273 g/mol. The maximum Gasteiger partial charge on any atom is 0.324 e. The van der Waals surface area contributed by atoms with Gasteiger partial charge in [-0.05, 0) is 25.5 Å². The number of aliphatic carboxylic acids is 1. The summed E-state index contributed by atoms with van der Waals surface area (Å²) < 4.78 is 25.8. The average Bonchev–Trinajstić information content (AvgIpc) is 2.24. The highest BCUT2D eigenvalue weighted by atomic mass is 32.2. The molecule has 0 aliphatic rings. The van der Waals surface area contributed by atoms with Crippen molar-refractivity contribution in [2.24, 2.45) is 0 Å². The van der Waals surface area contributed by atoms with Gasteiger partial charge in [0.15, 0.2) is 0 Å². The zero-order valence-corrected chi connectivity index (χ0v) is 10.9. The van der Waals surface area contributed by atoms with Gasteiger partial charge >= 0.3 is 5.97 Å². The second-order valence-corrected chi connectivity index (χ2v) is 5.65. The van der Waals surface area contributed by atoms with E-state index in [1.165, 1.54) is 6.07 Å². The van der Waals surface area contributed by atoms with E-state index in [1.54, 1.807) is 19.1 Å². The van der Waals surface area contributed by atoms with Gasteiger partial charge in [-0.15, -0.1) is 0 Å². The highest BCUT2D eigenvalue weighted by Crippen LogP contribution is 2.16. The maximum absolute atomic E-state index is 12.0. The minimum Gasteiger partial charge on any atom is -0.480 e. The summed E-state index contributed by atoms with van der Waals surface area (Å²) in [6, 6.07) is 3.17. The molecule has 1 aromatic rings. The van der Waals surface area contributed by atoms with Crippen LogP contribution in [0.15, 0.2) is 23.1 Å². The van der Waals surface area contributed by atoms with Crippen molar-refractivity contribution in [1.82, 2.24) is 4.72 Å². The normalized spacial score (nSPS) is 13.3. The van der Waals surface area contributed by atoms with Crippen molar-refractivity contribution in [3.63, 3.8) is 0 Å². The lowest BCUT2D eigenvalue weighted by Crippen LogP contribution is -2.43. The second kappa shape index (κ2) is 5.47. The van der Waals surface area contributed by atoms with Crippen LogP contribution < -0.4 is 4.72 Å². The van der Waals surface area contributed by atoms with Crippen LogP contribution in [0, 0.1) is 13.8 Å². The Labute approximate surface area is 105 Å². The first-order chi connectivity index (χ1) is 8.27. The molecule has 0 amide bonds. The van der Waals surface area contributed by atoms with Crippen LogP contribution in [-0.2, 0) is 14.8 Å². The molecule has 0 heterocycles. The molecule has 0 aliphatic heterocycles. The second-order valence-electron chi connectivity index (χ2n) is 3.96. The molecule has 1 atom stereocenters. The molecule has 3 N–H and O–H groups in total. The van der Waals surface area contributed by atoms with Crippen LogP contribution in [0.2, 0.25) is 0 Å². The third-order valence-electron chi connectivity index (χ3n) is 2.40. The third kappa shape index (κ3) is 3.28. The molecule has 6 nitrogen and oxygen atoms in total. The van der Waals surface area contributed by atoms with Crippen LogP contribution in [-0.4, -0.2) is 37.2 Å². The topological polar surface area (TPSA) is 104 Å². The van der Waals surface area contributed by atoms with Crippen LogP contribution >= 0.6 is 0 Å². The van der Waals surface area contributed by atoms with E-state index in [4.69, 9.17) is 10.2 Å². The molecule has 0 aromatic heterocycles. The lowest BCUT2D eigenvalue weighted by Gasteiger charge is -2.14. The Hall–Kier alpha value is -1.44. The molecule has 1 rings (SSSR count). The Morgan fingerprint density at radius 1 is 1.39 bits per heavy atom. The zero-order chi connectivity index (χ0) is 13.9. The first-order valence-corrected chi connectivity index (χ1v) is 6.69. The lowest BCUT2D eigenvalue weighted by molar-refractivity contribution is -0.139. The molecule has 0 spiro atoms. The fourth-order valence-corrected chi connectivity index (χ4v) is 2.92. The quantitative estimate of drug-likeness (QED) is 0.702. The van der Waals surface area contributed by atoms with Crippen molar-refractivity contribution in [3.05, 3.63) is 29.3 Å². The molecular formula is C11H15NO5S. The van der Waals surface area contributed by atoms with Gasteiger partial charge in [-0.25, -0.2) is 8.42 Å². The molecule has 0 saturated carbocycles. The van der Waals surface area contributed by atoms with Gasteiger partial charge in [0.2, 0.25) is 10.0 Å².